The molecule has 0 spiro atoms. The highest BCUT2D eigenvalue weighted by molar-refractivity contribution is 6.30. The van der Waals surface area contributed by atoms with Crippen molar-refractivity contribution >= 4 is 17.4 Å². The van der Waals surface area contributed by atoms with Gasteiger partial charge in [0.05, 0.1) is 18.2 Å². The predicted molar refractivity (Wildman–Crippen MR) is 56.7 cm³/mol. The largest absolute Gasteiger partial charge is 0.383 e. The number of nitrogens with zero attached hydrogens (tertiary/aromatic N) is 2. The van der Waals surface area contributed by atoms with Gasteiger partial charge in [-0.15, -0.1) is 0 Å². The first-order valence-electron chi connectivity index (χ1n) is 4.15. The molecule has 1 rings (SSSR count). The van der Waals surface area contributed by atoms with Crippen molar-refractivity contribution in [1.29, 1.82) is 0 Å². The number of rotatable bonds is 4. The topological polar surface area (TPSA) is 60.5 Å². The second kappa shape index (κ2) is 5.57. The highest BCUT2D eigenvalue weighted by atomic mass is 35.5. The molecule has 14 heavy (non-hydrogen) atoms. The first-order chi connectivity index (χ1) is 6.74. The van der Waals surface area contributed by atoms with Crippen LogP contribution < -0.4 is 5.73 Å². The van der Waals surface area contributed by atoms with E-state index in [4.69, 9.17) is 22.1 Å². The normalized spacial score (nSPS) is 11.7. The second-order valence-corrected chi connectivity index (χ2v) is 3.06. The van der Waals surface area contributed by atoms with Gasteiger partial charge in [-0.25, -0.2) is 0 Å². The number of aromatic nitrogens is 1. The fourth-order valence-corrected chi connectivity index (χ4v) is 0.978. The molecule has 1 heterocycles. The van der Waals surface area contributed by atoms with Crippen molar-refractivity contribution in [3.8, 4) is 0 Å². The Labute approximate surface area is 87.8 Å². The number of nitrogens with two attached hydrogens (primary N) is 1. The third-order valence-corrected chi connectivity index (χ3v) is 1.79. The Morgan fingerprint density at radius 3 is 3.00 bits per heavy atom. The minimum atomic E-state index is 0.402. The molecule has 1 aromatic rings. The van der Waals surface area contributed by atoms with Crippen LogP contribution in [0, 0.1) is 0 Å². The Kier molecular flexibility index (Phi) is 4.35. The summed E-state index contributed by atoms with van der Waals surface area (Å²) < 4.78 is 4.84. The molecule has 0 atom stereocenters. The van der Waals surface area contributed by atoms with E-state index in [9.17, 15) is 0 Å². The first-order valence-corrected chi connectivity index (χ1v) is 4.52. The van der Waals surface area contributed by atoms with E-state index in [1.807, 2.05) is 0 Å². The molecule has 76 valence electrons. The van der Waals surface area contributed by atoms with Crippen molar-refractivity contribution in [1.82, 2.24) is 4.98 Å². The van der Waals surface area contributed by atoms with Gasteiger partial charge in [-0.05, 0) is 12.1 Å². The third-order valence-electron chi connectivity index (χ3n) is 1.57. The van der Waals surface area contributed by atoms with Crippen LogP contribution in [0.4, 0.5) is 0 Å². The van der Waals surface area contributed by atoms with Gasteiger partial charge in [0.25, 0.3) is 0 Å². The molecule has 0 saturated carbocycles. The van der Waals surface area contributed by atoms with Crippen LogP contribution in [0.5, 0.6) is 0 Å². The van der Waals surface area contributed by atoms with Crippen molar-refractivity contribution in [2.45, 2.75) is 0 Å². The maximum Gasteiger partial charge on any atom is 0.144 e. The number of amidine groups is 1. The average Bonchev–Trinajstić information content (AvgIpc) is 2.19. The second-order valence-electron chi connectivity index (χ2n) is 2.62. The Morgan fingerprint density at radius 1 is 1.64 bits per heavy atom. The van der Waals surface area contributed by atoms with Crippen LogP contribution in [-0.2, 0) is 4.74 Å². The molecule has 0 aliphatic carbocycles. The molecule has 0 bridgehead atoms. The molecule has 5 heteroatoms. The van der Waals surface area contributed by atoms with Gasteiger partial charge >= 0.3 is 0 Å². The zero-order valence-corrected chi connectivity index (χ0v) is 8.66. The molecule has 0 radical (unpaired) electrons. The number of aliphatic imine (C=N–C) groups is 1. The molecular weight excluding hydrogens is 202 g/mol. The summed E-state index contributed by atoms with van der Waals surface area (Å²) in [6.07, 6.45) is 1.54. The van der Waals surface area contributed by atoms with Gasteiger partial charge in [-0.1, -0.05) is 11.6 Å². The number of halogens is 1. The Bertz CT molecular complexity index is 310. The monoisotopic (exact) mass is 213 g/mol. The molecule has 0 unspecified atom stereocenters. The number of hydrogen-bond acceptors (Lipinski definition) is 3. The zero-order valence-electron chi connectivity index (χ0n) is 7.90. The van der Waals surface area contributed by atoms with Gasteiger partial charge in [0.15, 0.2) is 0 Å². The van der Waals surface area contributed by atoms with Crippen LogP contribution in [0.25, 0.3) is 0 Å². The molecule has 0 saturated heterocycles. The van der Waals surface area contributed by atoms with E-state index in [0.29, 0.717) is 29.7 Å². The van der Waals surface area contributed by atoms with Crippen LogP contribution in [0.15, 0.2) is 23.3 Å². The molecule has 2 N–H and O–H groups in total. The first kappa shape index (κ1) is 10.9. The highest BCUT2D eigenvalue weighted by Crippen LogP contribution is 2.05. The van der Waals surface area contributed by atoms with Crippen LogP contribution >= 0.6 is 11.6 Å². The maximum atomic E-state index is 5.68. The lowest BCUT2D eigenvalue weighted by atomic mass is 10.3. The average molecular weight is 214 g/mol. The predicted octanol–water partition coefficient (Wildman–Crippen LogP) is 1.09. The minimum absolute atomic E-state index is 0.402. The molecule has 0 aromatic carbocycles. The van der Waals surface area contributed by atoms with Crippen molar-refractivity contribution in [3.63, 3.8) is 0 Å². The van der Waals surface area contributed by atoms with Crippen LogP contribution in [0.2, 0.25) is 5.02 Å². The van der Waals surface area contributed by atoms with E-state index in [-0.39, 0.29) is 0 Å². The van der Waals surface area contributed by atoms with Gasteiger partial charge in [-0.3, -0.25) is 9.98 Å². The van der Waals surface area contributed by atoms with Crippen molar-refractivity contribution in [2.24, 2.45) is 10.7 Å². The summed E-state index contributed by atoms with van der Waals surface area (Å²) in [6.45, 7) is 1.08. The Morgan fingerprint density at radius 2 is 2.43 bits per heavy atom. The smallest absolute Gasteiger partial charge is 0.144 e. The molecule has 1 aromatic heterocycles. The van der Waals surface area contributed by atoms with E-state index in [2.05, 4.69) is 9.98 Å². The lowest BCUT2D eigenvalue weighted by molar-refractivity contribution is 0.208. The number of ether oxygens (including phenoxy) is 1. The summed E-state index contributed by atoms with van der Waals surface area (Å²) in [7, 11) is 1.62. The molecule has 0 aliphatic rings. The van der Waals surface area contributed by atoms with Gasteiger partial charge in [0.1, 0.15) is 11.5 Å². The quantitative estimate of drug-likeness (QED) is 0.463. The number of hydrogen-bond donors (Lipinski definition) is 1. The summed E-state index contributed by atoms with van der Waals surface area (Å²) >= 11 is 5.68. The maximum absolute atomic E-state index is 5.68. The fourth-order valence-electron chi connectivity index (χ4n) is 0.866. The van der Waals surface area contributed by atoms with E-state index in [1.165, 1.54) is 6.20 Å². The van der Waals surface area contributed by atoms with Gasteiger partial charge in [-0.2, -0.15) is 0 Å². The molecule has 0 fully saturated rings. The van der Waals surface area contributed by atoms with Crippen molar-refractivity contribution in [2.75, 3.05) is 20.3 Å². The van der Waals surface area contributed by atoms with Crippen LogP contribution in [0.3, 0.4) is 0 Å². The van der Waals surface area contributed by atoms with Gasteiger partial charge < -0.3 is 10.5 Å². The van der Waals surface area contributed by atoms with E-state index in [0.717, 1.165) is 0 Å². The lowest BCUT2D eigenvalue weighted by Crippen LogP contribution is -2.16. The molecule has 0 aliphatic heterocycles. The van der Waals surface area contributed by atoms with Crippen molar-refractivity contribution < 1.29 is 4.74 Å². The van der Waals surface area contributed by atoms with E-state index >= 15 is 0 Å². The van der Waals surface area contributed by atoms with Crippen LogP contribution in [-0.4, -0.2) is 31.1 Å². The summed E-state index contributed by atoms with van der Waals surface area (Å²) in [5.41, 5.74) is 6.30. The minimum Gasteiger partial charge on any atom is -0.383 e. The van der Waals surface area contributed by atoms with Gasteiger partial charge in [0, 0.05) is 13.3 Å². The summed E-state index contributed by atoms with van der Waals surface area (Å²) in [6, 6.07) is 3.45. The lowest BCUT2D eigenvalue weighted by Gasteiger charge is -1.99. The fraction of sp³-hybridized carbons (Fsp3) is 0.333. The SMILES string of the molecule is COCCN=C(N)c1ccc(Cl)cn1. The summed E-state index contributed by atoms with van der Waals surface area (Å²) in [4.78, 5) is 8.11. The summed E-state index contributed by atoms with van der Waals surface area (Å²) in [5, 5.41) is 0.582. The van der Waals surface area contributed by atoms with E-state index in [1.54, 1.807) is 19.2 Å². The number of pyridine rings is 1. The summed E-state index contributed by atoms with van der Waals surface area (Å²) in [5.74, 6) is 0.402. The van der Waals surface area contributed by atoms with E-state index < -0.39 is 0 Å². The van der Waals surface area contributed by atoms with Crippen molar-refractivity contribution in [3.05, 3.63) is 29.0 Å². The highest BCUT2D eigenvalue weighted by Gasteiger charge is 1.98. The molecular formula is C9H12ClN3O. The third kappa shape index (κ3) is 3.32. The number of methoxy groups -OCH3 is 1. The Balaban J connectivity index is 2.64. The molecule has 0 amide bonds. The Hall–Kier alpha value is -1.13. The zero-order chi connectivity index (χ0) is 10.4. The molecule has 4 nitrogen and oxygen atoms in total. The van der Waals surface area contributed by atoms with Crippen LogP contribution in [0.1, 0.15) is 5.69 Å². The van der Waals surface area contributed by atoms with Gasteiger partial charge in [0.2, 0.25) is 0 Å². The standard InChI is InChI=1S/C9H12ClN3O/c1-14-5-4-12-9(11)8-3-2-7(10)6-13-8/h2-3,6H,4-5H2,1H3,(H2,11,12).